The van der Waals surface area contributed by atoms with E-state index in [1.165, 1.54) is 16.7 Å². The molecule has 2 rings (SSSR count). The van der Waals surface area contributed by atoms with Crippen LogP contribution in [-0.4, -0.2) is 35.8 Å². The number of nitrogens with zero attached hydrogens (tertiary/aromatic N) is 2. The van der Waals surface area contributed by atoms with Gasteiger partial charge in [-0.25, -0.2) is 0 Å². The topological polar surface area (TPSA) is 61.8 Å². The van der Waals surface area contributed by atoms with E-state index in [1.807, 2.05) is 0 Å². The van der Waals surface area contributed by atoms with Crippen molar-refractivity contribution in [3.63, 3.8) is 0 Å². The summed E-state index contributed by atoms with van der Waals surface area (Å²) in [7, 11) is 0. The number of amidine groups is 1. The van der Waals surface area contributed by atoms with Crippen molar-refractivity contribution in [2.24, 2.45) is 4.99 Å². The monoisotopic (exact) mass is 321 g/mol. The number of thioether (sulfide) groups is 1. The van der Waals surface area contributed by atoms with Gasteiger partial charge in [0, 0.05) is 0 Å². The smallest absolute Gasteiger partial charge is 0.254 e. The van der Waals surface area contributed by atoms with Crippen molar-refractivity contribution >= 4 is 46.0 Å². The summed E-state index contributed by atoms with van der Waals surface area (Å²) in [6.07, 6.45) is 5.07. The molecule has 0 aliphatic carbocycles. The second-order valence-electron chi connectivity index (χ2n) is 4.05. The molecule has 0 aromatic heterocycles. The molecule has 1 aromatic rings. The molecular formula is C14H12ClN3O2S. The predicted molar refractivity (Wildman–Crippen MR) is 85.5 cm³/mol. The molecule has 0 unspecified atom stereocenters. The lowest BCUT2D eigenvalue weighted by atomic mass is 10.3. The van der Waals surface area contributed by atoms with E-state index in [2.05, 4.69) is 16.2 Å². The highest BCUT2D eigenvalue weighted by molar-refractivity contribution is 8.14. The number of nitrogens with one attached hydrogen (secondary N) is 1. The first-order chi connectivity index (χ1) is 10.1. The summed E-state index contributed by atoms with van der Waals surface area (Å²) in [6.45, 7) is 0.235. The van der Waals surface area contributed by atoms with E-state index in [1.54, 1.807) is 24.3 Å². The molecule has 1 heterocycles. The van der Waals surface area contributed by atoms with E-state index < -0.39 is 0 Å². The zero-order valence-electron chi connectivity index (χ0n) is 11.0. The zero-order valence-corrected chi connectivity index (χ0v) is 12.6. The Morgan fingerprint density at radius 1 is 1.52 bits per heavy atom. The van der Waals surface area contributed by atoms with Crippen molar-refractivity contribution in [3.05, 3.63) is 29.3 Å². The van der Waals surface area contributed by atoms with Crippen LogP contribution in [0.15, 0.2) is 29.3 Å². The number of carbonyl (C=O) groups excluding carboxylic acids is 2. The van der Waals surface area contributed by atoms with Crippen LogP contribution in [0.2, 0.25) is 5.02 Å². The lowest BCUT2D eigenvalue weighted by molar-refractivity contribution is -0.118. The van der Waals surface area contributed by atoms with Crippen molar-refractivity contribution in [2.45, 2.75) is 0 Å². The van der Waals surface area contributed by atoms with Gasteiger partial charge in [-0.2, -0.15) is 0 Å². The van der Waals surface area contributed by atoms with Gasteiger partial charge in [-0.05, 0) is 12.1 Å². The molecule has 21 heavy (non-hydrogen) atoms. The summed E-state index contributed by atoms with van der Waals surface area (Å²) in [5.41, 5.74) is 0.567. The van der Waals surface area contributed by atoms with Gasteiger partial charge in [0.1, 0.15) is 6.54 Å². The average molecular weight is 322 g/mol. The molecule has 0 radical (unpaired) electrons. The standard InChI is InChI=1S/C14H12ClN3O2S/c1-2-7-16-12(19)9-21-14-17-8-13(20)18(14)11-6-4-3-5-10(11)15/h1,3-6H,7-9H2,(H,16,19). The number of rotatable bonds is 4. The van der Waals surface area contributed by atoms with Crippen molar-refractivity contribution < 1.29 is 9.59 Å². The van der Waals surface area contributed by atoms with Gasteiger partial charge >= 0.3 is 0 Å². The minimum atomic E-state index is -0.209. The molecule has 1 N–H and O–H groups in total. The molecule has 0 fully saturated rings. The fourth-order valence-electron chi connectivity index (χ4n) is 1.69. The molecule has 0 atom stereocenters. The lowest BCUT2D eigenvalue weighted by Gasteiger charge is -2.19. The molecule has 7 heteroatoms. The third-order valence-corrected chi connectivity index (χ3v) is 3.90. The Balaban J connectivity index is 2.06. The van der Waals surface area contributed by atoms with E-state index in [9.17, 15) is 9.59 Å². The third-order valence-electron chi connectivity index (χ3n) is 2.60. The fraction of sp³-hybridized carbons (Fsp3) is 0.214. The van der Waals surface area contributed by atoms with Gasteiger partial charge in [0.05, 0.1) is 23.0 Å². The maximum atomic E-state index is 12.0. The maximum Gasteiger partial charge on any atom is 0.254 e. The number of anilines is 1. The van der Waals surface area contributed by atoms with Gasteiger partial charge in [-0.1, -0.05) is 41.4 Å². The highest BCUT2D eigenvalue weighted by Crippen LogP contribution is 2.30. The van der Waals surface area contributed by atoms with E-state index in [0.717, 1.165) is 0 Å². The van der Waals surface area contributed by atoms with E-state index in [0.29, 0.717) is 15.9 Å². The number of benzene rings is 1. The number of aliphatic imine (C=N–C) groups is 1. The van der Waals surface area contributed by atoms with Crippen LogP contribution in [0, 0.1) is 12.3 Å². The molecule has 0 spiro atoms. The summed E-state index contributed by atoms with van der Waals surface area (Å²) in [4.78, 5) is 29.1. The summed E-state index contributed by atoms with van der Waals surface area (Å²) < 4.78 is 0. The van der Waals surface area contributed by atoms with E-state index in [4.69, 9.17) is 18.0 Å². The van der Waals surface area contributed by atoms with Gasteiger partial charge in [0.2, 0.25) is 5.91 Å². The van der Waals surface area contributed by atoms with Crippen LogP contribution >= 0.6 is 23.4 Å². The van der Waals surface area contributed by atoms with Crippen LogP contribution in [-0.2, 0) is 9.59 Å². The Labute approximate surface area is 131 Å². The number of para-hydroxylation sites is 1. The Morgan fingerprint density at radius 3 is 3.00 bits per heavy atom. The molecule has 1 aliphatic rings. The molecule has 0 bridgehead atoms. The highest BCUT2D eigenvalue weighted by Gasteiger charge is 2.29. The second-order valence-corrected chi connectivity index (χ2v) is 5.40. The molecular weight excluding hydrogens is 310 g/mol. The predicted octanol–water partition coefficient (Wildman–Crippen LogP) is 1.53. The molecule has 1 aromatic carbocycles. The molecule has 0 saturated heterocycles. The zero-order chi connectivity index (χ0) is 15.2. The first-order valence-corrected chi connectivity index (χ1v) is 7.44. The molecule has 0 saturated carbocycles. The number of hydrogen-bond donors (Lipinski definition) is 1. The summed E-state index contributed by atoms with van der Waals surface area (Å²) in [5, 5.41) is 3.47. The van der Waals surface area contributed by atoms with Gasteiger partial charge in [0.15, 0.2) is 5.17 Å². The van der Waals surface area contributed by atoms with Gasteiger partial charge in [-0.15, -0.1) is 6.42 Å². The Morgan fingerprint density at radius 2 is 2.29 bits per heavy atom. The van der Waals surface area contributed by atoms with Crippen LogP contribution in [0.5, 0.6) is 0 Å². The number of hydrogen-bond acceptors (Lipinski definition) is 4. The van der Waals surface area contributed by atoms with Crippen molar-refractivity contribution in [2.75, 3.05) is 23.7 Å². The highest BCUT2D eigenvalue weighted by atomic mass is 35.5. The van der Waals surface area contributed by atoms with Crippen molar-refractivity contribution in [1.82, 2.24) is 5.32 Å². The largest absolute Gasteiger partial charge is 0.344 e. The quantitative estimate of drug-likeness (QED) is 0.855. The van der Waals surface area contributed by atoms with Crippen LogP contribution in [0.25, 0.3) is 0 Å². The first kappa shape index (κ1) is 15.4. The summed E-state index contributed by atoms with van der Waals surface area (Å²) in [5.74, 6) is 2.08. The average Bonchev–Trinajstić information content (AvgIpc) is 2.84. The van der Waals surface area contributed by atoms with E-state index >= 15 is 0 Å². The lowest BCUT2D eigenvalue weighted by Crippen LogP contribution is -2.32. The Kier molecular flexibility index (Phi) is 5.26. The van der Waals surface area contributed by atoms with Crippen LogP contribution in [0.4, 0.5) is 5.69 Å². The van der Waals surface area contributed by atoms with Crippen molar-refractivity contribution in [3.8, 4) is 12.3 Å². The molecule has 1 aliphatic heterocycles. The van der Waals surface area contributed by atoms with Crippen LogP contribution in [0.1, 0.15) is 0 Å². The summed E-state index contributed by atoms with van der Waals surface area (Å²) in [6, 6.07) is 7.00. The van der Waals surface area contributed by atoms with Crippen LogP contribution in [0.3, 0.4) is 0 Å². The Hall–Kier alpha value is -1.97. The normalized spacial score (nSPS) is 13.8. The number of amides is 2. The minimum Gasteiger partial charge on any atom is -0.344 e. The fourth-order valence-corrected chi connectivity index (χ4v) is 2.76. The SMILES string of the molecule is C#CCNC(=O)CSC1=NCC(=O)N1c1ccccc1Cl. The Bertz CT molecular complexity index is 639. The second kappa shape index (κ2) is 7.16. The minimum absolute atomic E-state index is 0.0551. The van der Waals surface area contributed by atoms with Gasteiger partial charge in [0.25, 0.3) is 5.91 Å². The first-order valence-electron chi connectivity index (χ1n) is 6.08. The number of halogens is 1. The number of terminal acetylenes is 1. The van der Waals surface area contributed by atoms with Crippen LogP contribution < -0.4 is 10.2 Å². The summed E-state index contributed by atoms with van der Waals surface area (Å²) >= 11 is 7.28. The third kappa shape index (κ3) is 3.78. The molecule has 2 amide bonds. The van der Waals surface area contributed by atoms with E-state index in [-0.39, 0.29) is 30.7 Å². The number of carbonyl (C=O) groups is 2. The molecule has 108 valence electrons. The molecule has 5 nitrogen and oxygen atoms in total. The maximum absolute atomic E-state index is 12.0. The van der Waals surface area contributed by atoms with Gasteiger partial charge in [-0.3, -0.25) is 19.5 Å². The van der Waals surface area contributed by atoms with Crippen molar-refractivity contribution in [1.29, 1.82) is 0 Å². The van der Waals surface area contributed by atoms with Gasteiger partial charge < -0.3 is 5.32 Å².